The average Bonchev–Trinajstić information content (AvgIpc) is 3.27. The lowest BCUT2D eigenvalue weighted by Gasteiger charge is -2.48. The number of phosphoric ester groups is 1. The summed E-state index contributed by atoms with van der Waals surface area (Å²) >= 11 is 0. The van der Waals surface area contributed by atoms with E-state index in [0.717, 1.165) is 11.1 Å². The molecule has 2 unspecified atom stereocenters. The maximum atomic E-state index is 17.2. The van der Waals surface area contributed by atoms with Crippen molar-refractivity contribution < 1.29 is 54.7 Å². The Morgan fingerprint density at radius 2 is 0.900 bits per heavy atom. The molecular weight excluding hydrogens is 844 g/mol. The molecule has 1 spiro atoms. The van der Waals surface area contributed by atoms with E-state index < -0.39 is 40.5 Å². The van der Waals surface area contributed by atoms with Crippen LogP contribution in [-0.4, -0.2) is 40.2 Å². The summed E-state index contributed by atoms with van der Waals surface area (Å²) in [5.41, 5.74) is 2.65. The molecule has 0 amide bonds. The second-order valence-electron chi connectivity index (χ2n) is 15.1. The van der Waals surface area contributed by atoms with Gasteiger partial charge in [-0.25, -0.2) is 4.57 Å². The van der Waals surface area contributed by atoms with Crippen LogP contribution in [0.4, 0.5) is 0 Å². The van der Waals surface area contributed by atoms with Crippen LogP contribution in [0.15, 0.2) is 146 Å². The molecule has 0 N–H and O–H groups in total. The zero-order valence-corrected chi connectivity index (χ0v) is 36.0. The monoisotopic (exact) mass is 882 g/mol. The third-order valence-electron chi connectivity index (χ3n) is 11.3. The second kappa shape index (κ2) is 14.4. The molecule has 60 heavy (non-hydrogen) atoms. The molecule has 0 bridgehead atoms. The topological polar surface area (TPSA) is 142 Å². The van der Waals surface area contributed by atoms with E-state index in [1.54, 1.807) is 92.0 Å². The molecule has 2 fully saturated rings. The fraction of sp³-hybridized carbons (Fsp3) is 0.182. The second-order valence-corrected chi connectivity index (χ2v) is 24.0. The minimum Gasteiger partial charge on any atom is -0.497 e. The Balaban J connectivity index is 1.18. The smallest absolute Gasteiger partial charge is 0.497 e. The number of fused-ring (bicyclic) bond motifs is 6. The van der Waals surface area contributed by atoms with Crippen molar-refractivity contribution >= 4 is 40.8 Å². The molecule has 0 saturated carbocycles. The highest BCUT2D eigenvalue weighted by Gasteiger charge is 2.70. The van der Waals surface area contributed by atoms with Crippen LogP contribution in [-0.2, 0) is 41.3 Å². The normalized spacial score (nSPS) is 28.6. The molecule has 2 atom stereocenters. The maximum absolute atomic E-state index is 17.2. The first-order valence-corrected chi connectivity index (χ1v) is 25.8. The molecule has 12 nitrogen and oxygen atoms in total. The van der Waals surface area contributed by atoms with Crippen LogP contribution in [0.2, 0.25) is 0 Å². The van der Waals surface area contributed by atoms with Crippen molar-refractivity contribution in [1.29, 1.82) is 0 Å². The summed E-state index contributed by atoms with van der Waals surface area (Å²) in [7, 11) is -14.9. The molecule has 6 aromatic rings. The van der Waals surface area contributed by atoms with Crippen LogP contribution in [0.25, 0.3) is 22.3 Å². The third-order valence-corrected chi connectivity index (χ3v) is 21.1. The van der Waals surface area contributed by atoms with Gasteiger partial charge in [0.15, 0.2) is 0 Å². The first-order valence-electron chi connectivity index (χ1n) is 19.1. The molecule has 10 rings (SSSR count). The Bertz CT molecular complexity index is 2720. The van der Waals surface area contributed by atoms with E-state index in [1.165, 1.54) is 18.8 Å². The van der Waals surface area contributed by atoms with Gasteiger partial charge in [-0.3, -0.25) is 22.7 Å². The van der Waals surface area contributed by atoms with Crippen molar-refractivity contribution in [3.05, 3.63) is 157 Å². The molecule has 306 valence electrons. The van der Waals surface area contributed by atoms with E-state index >= 15 is 9.13 Å². The highest BCUT2D eigenvalue weighted by atomic mass is 31.2. The number of ether oxygens (including phenoxy) is 1. The van der Waals surface area contributed by atoms with Gasteiger partial charge in [0.25, 0.3) is 0 Å². The van der Waals surface area contributed by atoms with Gasteiger partial charge in [0.1, 0.15) is 23.0 Å². The van der Waals surface area contributed by atoms with Crippen LogP contribution in [0, 0.1) is 5.41 Å². The summed E-state index contributed by atoms with van der Waals surface area (Å²) in [6, 6.07) is 42.6. The number of hydrogen-bond donors (Lipinski definition) is 0. The predicted molar refractivity (Wildman–Crippen MR) is 228 cm³/mol. The summed E-state index contributed by atoms with van der Waals surface area (Å²) in [6.45, 7) is 1.27. The van der Waals surface area contributed by atoms with Gasteiger partial charge in [-0.1, -0.05) is 97.1 Å². The van der Waals surface area contributed by atoms with Gasteiger partial charge in [-0.2, -0.15) is 0 Å². The molecule has 4 aliphatic rings. The average molecular weight is 883 g/mol. The van der Waals surface area contributed by atoms with Crippen LogP contribution in [0.5, 0.6) is 23.0 Å². The minimum absolute atomic E-state index is 0.0361. The molecule has 4 aliphatic heterocycles. The third kappa shape index (κ3) is 6.12. The Morgan fingerprint density at radius 3 is 1.37 bits per heavy atom. The lowest BCUT2D eigenvalue weighted by molar-refractivity contribution is -0.0766. The minimum atomic E-state index is -4.56. The Kier molecular flexibility index (Phi) is 9.49. The van der Waals surface area contributed by atoms with Crippen LogP contribution in [0.3, 0.4) is 0 Å². The highest BCUT2D eigenvalue weighted by molar-refractivity contribution is 7.86. The van der Waals surface area contributed by atoms with Crippen LogP contribution < -0.4 is 28.9 Å². The van der Waals surface area contributed by atoms with Gasteiger partial charge in [0.2, 0.25) is 4.90 Å². The first kappa shape index (κ1) is 39.4. The highest BCUT2D eigenvalue weighted by Crippen LogP contribution is 2.84. The molecule has 6 aromatic carbocycles. The number of methoxy groups -OCH3 is 1. The molecule has 0 aliphatic carbocycles. The standard InChI is InChI=1S/C44H38O12P4/c1-49-33-23-19-31(20-24-33)44(58(46)41-17-9-5-13-37(41)35-11-3-7-15-39(35)55-58,59(47)42-18-10-6-14-38(42)36-12-4-8-16-40(36)56-59)32-21-25-34(26-22-32)54-60(48)52-29-43(30-53-60)27-50-57(2,45)51-28-43/h3-26H,27-30H2,1-2H3. The van der Waals surface area contributed by atoms with Crippen molar-refractivity contribution in [2.45, 2.75) is 4.90 Å². The lowest BCUT2D eigenvalue weighted by Crippen LogP contribution is -2.45. The van der Waals surface area contributed by atoms with Gasteiger partial charge in [-0.15, -0.1) is 0 Å². The van der Waals surface area contributed by atoms with E-state index in [-0.39, 0.29) is 32.2 Å². The molecular formula is C44H38O12P4. The van der Waals surface area contributed by atoms with Crippen molar-refractivity contribution in [1.82, 2.24) is 0 Å². The van der Waals surface area contributed by atoms with Gasteiger partial charge >= 0.3 is 30.2 Å². The quantitative estimate of drug-likeness (QED) is 0.141. The number of hydrogen-bond acceptors (Lipinski definition) is 12. The predicted octanol–water partition coefficient (Wildman–Crippen LogP) is 10.6. The SMILES string of the molecule is COc1ccc(C(c2ccc(OP3(=O)OCC4(COP(C)(=O)OC4)CO3)cc2)(P2(=O)Oc3ccccc3-c3ccccc32)P2(=O)Oc3ccccc3-c3ccccc32)cc1. The van der Waals surface area contributed by atoms with Crippen molar-refractivity contribution in [2.75, 3.05) is 40.2 Å². The van der Waals surface area contributed by atoms with Gasteiger partial charge < -0.3 is 27.4 Å². The molecule has 0 aromatic heterocycles. The zero-order chi connectivity index (χ0) is 41.4. The summed E-state index contributed by atoms with van der Waals surface area (Å²) in [5.74, 6) is 1.32. The number of benzene rings is 6. The number of phosphoric acid groups is 1. The Labute approximate surface area is 346 Å². The van der Waals surface area contributed by atoms with E-state index in [1.807, 2.05) is 48.5 Å². The van der Waals surface area contributed by atoms with Crippen molar-refractivity contribution in [3.8, 4) is 45.3 Å². The van der Waals surface area contributed by atoms with Gasteiger partial charge in [0, 0.05) is 17.8 Å². The number of rotatable bonds is 7. The fourth-order valence-corrected chi connectivity index (χ4v) is 18.7. The fourth-order valence-electron chi connectivity index (χ4n) is 8.35. The summed E-state index contributed by atoms with van der Waals surface area (Å²) in [4.78, 5) is -2.09. The Morgan fingerprint density at radius 1 is 0.500 bits per heavy atom. The van der Waals surface area contributed by atoms with E-state index in [2.05, 4.69) is 0 Å². The lowest BCUT2D eigenvalue weighted by atomic mass is 9.93. The van der Waals surface area contributed by atoms with E-state index in [4.69, 9.17) is 36.4 Å². The van der Waals surface area contributed by atoms with Crippen molar-refractivity contribution in [2.24, 2.45) is 5.41 Å². The largest absolute Gasteiger partial charge is 0.530 e. The zero-order valence-electron chi connectivity index (χ0n) is 32.4. The first-order chi connectivity index (χ1) is 28.9. The van der Waals surface area contributed by atoms with Gasteiger partial charge in [0.05, 0.1) is 49.6 Å². The van der Waals surface area contributed by atoms with Gasteiger partial charge in [-0.05, 0) is 70.8 Å². The summed E-state index contributed by atoms with van der Waals surface area (Å²) in [6.07, 6.45) is 0. The van der Waals surface area contributed by atoms with Crippen molar-refractivity contribution in [3.63, 3.8) is 0 Å². The number of para-hydroxylation sites is 2. The molecule has 16 heteroatoms. The van der Waals surface area contributed by atoms with E-state index in [9.17, 15) is 9.13 Å². The molecule has 0 radical (unpaired) electrons. The van der Waals surface area contributed by atoms with Crippen LogP contribution in [0.1, 0.15) is 11.1 Å². The summed E-state index contributed by atoms with van der Waals surface area (Å²) in [5, 5.41) is 0.708. The molecule has 2 saturated heterocycles. The summed E-state index contributed by atoms with van der Waals surface area (Å²) < 4.78 is 108. The Hall–Kier alpha value is -4.72. The van der Waals surface area contributed by atoms with E-state index in [0.29, 0.717) is 50.1 Å². The van der Waals surface area contributed by atoms with Crippen LogP contribution >= 0.6 is 30.2 Å². The maximum Gasteiger partial charge on any atom is 0.530 e. The molecule has 4 heterocycles.